The molecule has 0 aliphatic carbocycles. The molecule has 1 fully saturated rings. The quantitative estimate of drug-likeness (QED) is 0.870. The maximum Gasteiger partial charge on any atom is 0.224 e. The van der Waals surface area contributed by atoms with Gasteiger partial charge in [-0.1, -0.05) is 20.8 Å². The summed E-state index contributed by atoms with van der Waals surface area (Å²) in [6, 6.07) is 8.38. The first-order valence-electron chi connectivity index (χ1n) is 7.86. The van der Waals surface area contributed by atoms with Crippen LogP contribution < -0.4 is 10.6 Å². The summed E-state index contributed by atoms with van der Waals surface area (Å²) in [6.07, 6.45) is 2.93. The monoisotopic (exact) mass is 290 g/mol. The van der Waals surface area contributed by atoms with E-state index >= 15 is 0 Å². The third kappa shape index (κ3) is 4.74. The Morgan fingerprint density at radius 2 is 1.95 bits per heavy atom. The lowest BCUT2D eigenvalue weighted by atomic mass is 9.95. The summed E-state index contributed by atoms with van der Waals surface area (Å²) < 4.78 is 5.80. The molecule has 2 atom stereocenters. The smallest absolute Gasteiger partial charge is 0.224 e. The van der Waals surface area contributed by atoms with Crippen LogP contribution >= 0.6 is 0 Å². The van der Waals surface area contributed by atoms with Crippen LogP contribution in [0.5, 0.6) is 0 Å². The van der Waals surface area contributed by atoms with Gasteiger partial charge in [0, 0.05) is 30.4 Å². The van der Waals surface area contributed by atoms with E-state index in [4.69, 9.17) is 4.74 Å². The van der Waals surface area contributed by atoms with Gasteiger partial charge in [0.05, 0.1) is 6.10 Å². The summed E-state index contributed by atoms with van der Waals surface area (Å²) >= 11 is 0. The van der Waals surface area contributed by atoms with Crippen LogP contribution in [0.15, 0.2) is 24.3 Å². The van der Waals surface area contributed by atoms with Crippen molar-refractivity contribution in [3.05, 3.63) is 24.3 Å². The van der Waals surface area contributed by atoms with Gasteiger partial charge in [0.2, 0.25) is 5.91 Å². The Kier molecular flexibility index (Phi) is 5.62. The highest BCUT2D eigenvalue weighted by atomic mass is 16.5. The molecule has 0 bridgehead atoms. The highest BCUT2D eigenvalue weighted by molar-refractivity contribution is 5.90. The van der Waals surface area contributed by atoms with Gasteiger partial charge < -0.3 is 15.4 Å². The second-order valence-corrected chi connectivity index (χ2v) is 6.00. The number of ether oxygens (including phenoxy) is 1. The van der Waals surface area contributed by atoms with Crippen molar-refractivity contribution in [2.75, 3.05) is 17.2 Å². The standard InChI is InChI=1S/C17H26N2O2/c1-4-17(20)19-14-7-5-13(6-8-14)18-15-9-10-21-16(11-15)12(2)3/h5-8,12,15-16,18H,4,9-11H2,1-3H3,(H,19,20). The third-order valence-electron chi connectivity index (χ3n) is 3.92. The van der Waals surface area contributed by atoms with Crippen LogP contribution in [0.1, 0.15) is 40.0 Å². The molecule has 1 aliphatic heterocycles. The van der Waals surface area contributed by atoms with E-state index in [1.807, 2.05) is 31.2 Å². The van der Waals surface area contributed by atoms with Crippen LogP contribution in [0.4, 0.5) is 11.4 Å². The van der Waals surface area contributed by atoms with E-state index in [9.17, 15) is 4.79 Å². The largest absolute Gasteiger partial charge is 0.382 e. The maximum atomic E-state index is 11.3. The minimum Gasteiger partial charge on any atom is -0.382 e. The first-order valence-corrected chi connectivity index (χ1v) is 7.86. The average Bonchev–Trinajstić information content (AvgIpc) is 2.49. The molecule has 2 rings (SSSR count). The molecular weight excluding hydrogens is 264 g/mol. The van der Waals surface area contributed by atoms with Crippen molar-refractivity contribution < 1.29 is 9.53 Å². The second-order valence-electron chi connectivity index (χ2n) is 6.00. The summed E-state index contributed by atoms with van der Waals surface area (Å²) in [5, 5.41) is 6.43. The summed E-state index contributed by atoms with van der Waals surface area (Å²) in [6.45, 7) is 7.09. The molecule has 0 saturated carbocycles. The zero-order chi connectivity index (χ0) is 15.2. The first-order chi connectivity index (χ1) is 10.1. The third-order valence-corrected chi connectivity index (χ3v) is 3.92. The fourth-order valence-electron chi connectivity index (χ4n) is 2.56. The molecule has 0 radical (unpaired) electrons. The van der Waals surface area contributed by atoms with Crippen molar-refractivity contribution in [2.45, 2.75) is 52.2 Å². The molecule has 4 nitrogen and oxygen atoms in total. The fourth-order valence-corrected chi connectivity index (χ4v) is 2.56. The van der Waals surface area contributed by atoms with E-state index in [1.165, 1.54) is 0 Å². The number of rotatable bonds is 5. The molecule has 1 amide bonds. The van der Waals surface area contributed by atoms with Crippen LogP contribution in [0.2, 0.25) is 0 Å². The molecule has 116 valence electrons. The van der Waals surface area contributed by atoms with E-state index in [1.54, 1.807) is 0 Å². The van der Waals surface area contributed by atoms with Crippen LogP contribution in [-0.2, 0) is 9.53 Å². The van der Waals surface area contributed by atoms with Gasteiger partial charge >= 0.3 is 0 Å². The molecule has 0 aromatic heterocycles. The first kappa shape index (κ1) is 15.8. The molecule has 0 spiro atoms. The Hall–Kier alpha value is -1.55. The van der Waals surface area contributed by atoms with E-state index in [0.717, 1.165) is 30.8 Å². The minimum atomic E-state index is 0.0416. The molecule has 4 heteroatoms. The van der Waals surface area contributed by atoms with Gasteiger partial charge in [0.25, 0.3) is 0 Å². The van der Waals surface area contributed by atoms with E-state index in [0.29, 0.717) is 24.5 Å². The van der Waals surface area contributed by atoms with Crippen LogP contribution in [0.3, 0.4) is 0 Å². The Morgan fingerprint density at radius 1 is 1.29 bits per heavy atom. The Morgan fingerprint density at radius 3 is 2.57 bits per heavy atom. The SMILES string of the molecule is CCC(=O)Nc1ccc(NC2CCOC(C(C)C)C2)cc1. The van der Waals surface area contributed by atoms with Crippen LogP contribution in [0.25, 0.3) is 0 Å². The van der Waals surface area contributed by atoms with Crippen molar-refractivity contribution in [3.8, 4) is 0 Å². The lowest BCUT2D eigenvalue weighted by molar-refractivity contribution is -0.115. The Labute approximate surface area is 127 Å². The molecule has 1 saturated heterocycles. The highest BCUT2D eigenvalue weighted by Crippen LogP contribution is 2.23. The van der Waals surface area contributed by atoms with Gasteiger partial charge in [-0.15, -0.1) is 0 Å². The van der Waals surface area contributed by atoms with Gasteiger partial charge in [-0.3, -0.25) is 4.79 Å². The number of hydrogen-bond donors (Lipinski definition) is 2. The number of carbonyl (C=O) groups excluding carboxylic acids is 1. The van der Waals surface area contributed by atoms with Gasteiger partial charge in [0.1, 0.15) is 0 Å². The lowest BCUT2D eigenvalue weighted by Crippen LogP contribution is -2.36. The summed E-state index contributed by atoms with van der Waals surface area (Å²) in [4.78, 5) is 11.3. The number of amides is 1. The molecule has 2 N–H and O–H groups in total. The van der Waals surface area contributed by atoms with Crippen molar-refractivity contribution in [3.63, 3.8) is 0 Å². The number of anilines is 2. The van der Waals surface area contributed by atoms with Gasteiger partial charge in [-0.2, -0.15) is 0 Å². The molecule has 2 unspecified atom stereocenters. The highest BCUT2D eigenvalue weighted by Gasteiger charge is 2.24. The predicted molar refractivity (Wildman–Crippen MR) is 86.6 cm³/mol. The topological polar surface area (TPSA) is 50.4 Å². The summed E-state index contributed by atoms with van der Waals surface area (Å²) in [5.41, 5.74) is 1.94. The van der Waals surface area contributed by atoms with Crippen molar-refractivity contribution in [1.82, 2.24) is 0 Å². The molecule has 1 heterocycles. The van der Waals surface area contributed by atoms with Gasteiger partial charge in [-0.25, -0.2) is 0 Å². The molecule has 1 aromatic rings. The average molecular weight is 290 g/mol. The number of benzene rings is 1. The van der Waals surface area contributed by atoms with Crippen LogP contribution in [-0.4, -0.2) is 24.7 Å². The van der Waals surface area contributed by atoms with Gasteiger partial charge in [0.15, 0.2) is 0 Å². The zero-order valence-corrected chi connectivity index (χ0v) is 13.2. The molecule has 1 aliphatic rings. The normalized spacial score (nSPS) is 22.1. The van der Waals surface area contributed by atoms with E-state index in [2.05, 4.69) is 24.5 Å². The van der Waals surface area contributed by atoms with Gasteiger partial charge in [-0.05, 0) is 43.0 Å². The Bertz CT molecular complexity index is 456. The fraction of sp³-hybridized carbons (Fsp3) is 0.588. The van der Waals surface area contributed by atoms with Crippen molar-refractivity contribution in [1.29, 1.82) is 0 Å². The number of hydrogen-bond acceptors (Lipinski definition) is 3. The number of nitrogens with one attached hydrogen (secondary N) is 2. The summed E-state index contributed by atoms with van der Waals surface area (Å²) in [7, 11) is 0. The molecule has 1 aromatic carbocycles. The Balaban J connectivity index is 1.89. The molecule has 21 heavy (non-hydrogen) atoms. The van der Waals surface area contributed by atoms with E-state index < -0.39 is 0 Å². The lowest BCUT2D eigenvalue weighted by Gasteiger charge is -2.33. The van der Waals surface area contributed by atoms with E-state index in [-0.39, 0.29) is 5.91 Å². The minimum absolute atomic E-state index is 0.0416. The predicted octanol–water partition coefficient (Wildman–Crippen LogP) is 3.65. The van der Waals surface area contributed by atoms with Crippen molar-refractivity contribution in [2.24, 2.45) is 5.92 Å². The second kappa shape index (κ2) is 7.46. The number of carbonyl (C=O) groups is 1. The maximum absolute atomic E-state index is 11.3. The molecular formula is C17H26N2O2. The van der Waals surface area contributed by atoms with Crippen molar-refractivity contribution >= 4 is 17.3 Å². The van der Waals surface area contributed by atoms with Crippen LogP contribution in [0, 0.1) is 5.92 Å². The summed E-state index contributed by atoms with van der Waals surface area (Å²) in [5.74, 6) is 0.598. The zero-order valence-electron chi connectivity index (χ0n) is 13.2.